The van der Waals surface area contributed by atoms with Crippen LogP contribution in [0.4, 0.5) is 0 Å². The van der Waals surface area contributed by atoms with E-state index in [0.717, 1.165) is 37.5 Å². The van der Waals surface area contributed by atoms with Crippen LogP contribution >= 0.6 is 0 Å². The molecule has 4 aliphatic rings. The Hall–Kier alpha value is -1.66. The number of fused-ring (bicyclic) bond motifs is 4. The molecule has 0 aromatic carbocycles. The highest BCUT2D eigenvalue weighted by molar-refractivity contribution is 6.84. The molecule has 3 fully saturated rings. The Morgan fingerprint density at radius 1 is 0.848 bits per heavy atom. The second-order valence-corrected chi connectivity index (χ2v) is 40.9. The van der Waals surface area contributed by atoms with Crippen LogP contribution in [0.15, 0.2) is 23.3 Å². The molecule has 1 amide bonds. The summed E-state index contributed by atoms with van der Waals surface area (Å²) >= 11 is 0. The summed E-state index contributed by atoms with van der Waals surface area (Å²) in [7, 11) is -3.49. The van der Waals surface area contributed by atoms with Crippen molar-refractivity contribution in [1.29, 1.82) is 0 Å². The molecule has 18 heteroatoms. The Kier molecular flexibility index (Phi) is 26.0. The molecule has 4 bridgehead atoms. The van der Waals surface area contributed by atoms with Gasteiger partial charge in [-0.05, 0) is 136 Å². The molecule has 1 aliphatic carbocycles. The minimum absolute atomic E-state index is 0.0274. The van der Waals surface area contributed by atoms with E-state index in [1.54, 1.807) is 28.3 Å². The minimum Gasteiger partial charge on any atom is -0.456 e. The number of rotatable bonds is 16. The topological polar surface area (TPSA) is 187 Å². The van der Waals surface area contributed by atoms with Crippen molar-refractivity contribution < 1.29 is 65.7 Å². The zero-order valence-electron chi connectivity index (χ0n) is 53.3. The monoisotopic (exact) mass is 1170 g/mol. The molecular formula is C61H113NO14Si3. The zero-order chi connectivity index (χ0) is 59.7. The molecule has 4 rings (SSSR count). The van der Waals surface area contributed by atoms with Crippen molar-refractivity contribution in [3.63, 3.8) is 0 Å². The molecule has 15 nitrogen and oxygen atoms in total. The first-order valence-electron chi connectivity index (χ1n) is 30.4. The number of aliphatic hydroxyl groups excluding tert-OH is 1. The standard InChI is InChI=1S/C61H113NO14Si3/c1-23-47-31-41(10)30-42(11)32-53(69-19)56-54(70-20)34-44(13)61(67,72-56)57(64)58(65)62-48(26-24-25-29-63)59(66)71-55(43(12)33-46-27-28-49(52(35-46)68-18)73-77(21,22)60(15,16)17)45(14)50-36-51(47)75-79(39(6)7,40(8)9)76-78(74-50,37(2)3)38(4)5/h29,31,33,37-40,42,44-57,64,67H,23-28,30,32,34-36H2,1-22H3,(H,62,65)/b41-31+,43-33+/t42-,44+,45+,46-,47+,48-,49+,50+,51-,52+,53?,54-,55+,56+,57?,61+/m0/s1. The van der Waals surface area contributed by atoms with E-state index in [1.807, 2.05) is 6.92 Å². The lowest BCUT2D eigenvalue weighted by atomic mass is 9.81. The van der Waals surface area contributed by atoms with Crippen LogP contribution in [-0.2, 0) is 55.5 Å². The Balaban J connectivity index is 2.02. The molecule has 3 N–H and O–H groups in total. The molecule has 2 unspecified atom stereocenters. The van der Waals surface area contributed by atoms with Gasteiger partial charge in [0.05, 0.1) is 36.6 Å². The maximum absolute atomic E-state index is 15.3. The highest BCUT2D eigenvalue weighted by Crippen LogP contribution is 2.50. The van der Waals surface area contributed by atoms with Crippen LogP contribution in [0.1, 0.15) is 188 Å². The molecular weight excluding hydrogens is 1050 g/mol. The van der Waals surface area contributed by atoms with E-state index in [9.17, 15) is 19.8 Å². The third kappa shape index (κ3) is 16.6. The lowest BCUT2D eigenvalue weighted by molar-refractivity contribution is -0.345. The zero-order valence-corrected chi connectivity index (χ0v) is 56.3. The molecule has 1 saturated carbocycles. The van der Waals surface area contributed by atoms with Crippen LogP contribution in [0.2, 0.25) is 40.3 Å². The number of esters is 1. The Morgan fingerprint density at radius 2 is 1.41 bits per heavy atom. The van der Waals surface area contributed by atoms with E-state index in [4.69, 9.17) is 41.1 Å². The number of cyclic esters (lactones) is 1. The number of aldehydes is 1. The first kappa shape index (κ1) is 69.8. The maximum atomic E-state index is 15.3. The quantitative estimate of drug-likeness (QED) is 0.0435. The summed E-state index contributed by atoms with van der Waals surface area (Å²) in [6.45, 7) is 41.6. The maximum Gasteiger partial charge on any atom is 0.334 e. The van der Waals surface area contributed by atoms with Gasteiger partial charge in [0.2, 0.25) is 5.79 Å². The summed E-state index contributed by atoms with van der Waals surface area (Å²) < 4.78 is 62.4. The van der Waals surface area contributed by atoms with Crippen molar-refractivity contribution in [2.24, 2.45) is 29.6 Å². The van der Waals surface area contributed by atoms with Crippen molar-refractivity contribution >= 4 is 43.6 Å². The third-order valence-corrected chi connectivity index (χ3v) is 33.9. The average Bonchev–Trinajstić information content (AvgIpc) is 3.47. The molecule has 16 atom stereocenters. The van der Waals surface area contributed by atoms with Crippen molar-refractivity contribution in [1.82, 2.24) is 5.32 Å². The Bertz CT molecular complexity index is 1990. The van der Waals surface area contributed by atoms with Gasteiger partial charge < -0.3 is 61.4 Å². The van der Waals surface area contributed by atoms with Gasteiger partial charge in [-0.3, -0.25) is 4.79 Å². The summed E-state index contributed by atoms with van der Waals surface area (Å²) in [4.78, 5) is 41.6. The molecule has 0 spiro atoms. The molecule has 2 saturated heterocycles. The molecule has 0 radical (unpaired) electrons. The van der Waals surface area contributed by atoms with Crippen LogP contribution in [0.25, 0.3) is 0 Å². The summed E-state index contributed by atoms with van der Waals surface area (Å²) in [5, 5.41) is 27.2. The highest BCUT2D eigenvalue weighted by atomic mass is 28.5. The number of unbranched alkanes of at least 4 members (excludes halogenated alkanes) is 1. The fraction of sp³-hybridized carbons (Fsp3) is 0.885. The van der Waals surface area contributed by atoms with E-state index in [0.29, 0.717) is 19.3 Å². The predicted molar refractivity (Wildman–Crippen MR) is 319 cm³/mol. The average molecular weight is 1170 g/mol. The van der Waals surface area contributed by atoms with Gasteiger partial charge in [0.25, 0.3) is 5.91 Å². The van der Waals surface area contributed by atoms with Gasteiger partial charge >= 0.3 is 23.1 Å². The van der Waals surface area contributed by atoms with Gasteiger partial charge in [-0.1, -0.05) is 122 Å². The lowest BCUT2D eigenvalue weighted by Crippen LogP contribution is -2.66. The van der Waals surface area contributed by atoms with Gasteiger partial charge in [0.15, 0.2) is 14.4 Å². The summed E-state index contributed by atoms with van der Waals surface area (Å²) in [5.41, 5.74) is 2.31. The molecule has 3 aliphatic heterocycles. The van der Waals surface area contributed by atoms with Gasteiger partial charge in [0, 0.05) is 45.5 Å². The number of hydrogen-bond donors (Lipinski definition) is 3. The predicted octanol–water partition coefficient (Wildman–Crippen LogP) is 12.2. The Labute approximate surface area is 482 Å². The molecule has 0 aromatic heterocycles. The van der Waals surface area contributed by atoms with E-state index in [2.05, 4.69) is 134 Å². The van der Waals surface area contributed by atoms with Gasteiger partial charge in [-0.15, -0.1) is 0 Å². The number of aliphatic hydroxyl groups is 2. The summed E-state index contributed by atoms with van der Waals surface area (Å²) in [6, 6.07) is -1.31. The van der Waals surface area contributed by atoms with Crippen LogP contribution in [0.5, 0.6) is 0 Å². The highest BCUT2D eigenvalue weighted by Gasteiger charge is 2.61. The van der Waals surface area contributed by atoms with Crippen LogP contribution < -0.4 is 5.32 Å². The summed E-state index contributed by atoms with van der Waals surface area (Å²) in [5.74, 6) is -5.24. The summed E-state index contributed by atoms with van der Waals surface area (Å²) in [6.07, 6.45) is 5.02. The van der Waals surface area contributed by atoms with E-state index in [-0.39, 0.29) is 89.0 Å². The number of hydrogen-bond acceptors (Lipinski definition) is 14. The second kappa shape index (κ2) is 29.4. The van der Waals surface area contributed by atoms with E-state index >= 15 is 4.79 Å². The minimum atomic E-state index is -3.22. The smallest absolute Gasteiger partial charge is 0.334 e. The van der Waals surface area contributed by atoms with Crippen molar-refractivity contribution in [2.75, 3.05) is 21.3 Å². The van der Waals surface area contributed by atoms with Crippen LogP contribution in [0, 0.1) is 29.6 Å². The fourth-order valence-electron chi connectivity index (χ4n) is 13.1. The molecule has 0 aromatic rings. The number of methoxy groups -OCH3 is 3. The van der Waals surface area contributed by atoms with Crippen molar-refractivity contribution in [3.05, 3.63) is 23.3 Å². The van der Waals surface area contributed by atoms with E-state index < -0.39 is 97.6 Å². The van der Waals surface area contributed by atoms with Crippen molar-refractivity contribution in [2.45, 2.75) is 295 Å². The Morgan fingerprint density at radius 3 is 1.92 bits per heavy atom. The van der Waals surface area contributed by atoms with E-state index in [1.165, 1.54) is 5.57 Å². The lowest BCUT2D eigenvalue weighted by Gasteiger charge is -2.54. The van der Waals surface area contributed by atoms with Gasteiger partial charge in [-0.25, -0.2) is 4.79 Å². The largest absolute Gasteiger partial charge is 0.456 e. The number of allylic oxidation sites excluding steroid dienone is 2. The molecule has 3 heterocycles. The van der Waals surface area contributed by atoms with Crippen LogP contribution in [-0.4, -0.2) is 142 Å². The van der Waals surface area contributed by atoms with Crippen molar-refractivity contribution in [3.8, 4) is 0 Å². The number of carbonyl (C=O) groups excluding carboxylic acids is 3. The first-order chi connectivity index (χ1) is 36.7. The number of amides is 1. The number of nitrogens with one attached hydrogen (secondary N) is 1. The van der Waals surface area contributed by atoms with Gasteiger partial charge in [0.1, 0.15) is 24.5 Å². The molecule has 79 heavy (non-hydrogen) atoms. The number of ether oxygens (including phenoxy) is 5. The SMILES string of the molecule is CC[C@@H]1/C=C(\C)C[C@H](C)CC(OC)[C@H]2O[C@@](O)(C(O)C(=O)N[C@@H](CCCC=O)C(=O)O[C@H](/C(C)=C/[C@@H]3CC[C@@H](O[Si](C)(C)C(C)(C)C)[C@H](OC)C3)[C@H](C)[C@H]3C[C@@H]1O[Si](C(C)C)(C(C)C)O[Si](C(C)C)(C(C)C)O3)[C@H](C)C[C@@H]2OC. The first-order valence-corrected chi connectivity index (χ1v) is 37.3. The fourth-order valence-corrected chi connectivity index (χ4v) is 25.9. The third-order valence-electron chi connectivity index (χ3n) is 19.0. The normalized spacial score (nSPS) is 36.9. The number of carbonyl (C=O) groups is 3. The second-order valence-electron chi connectivity index (χ2n) is 27.3. The van der Waals surface area contributed by atoms with Gasteiger partial charge in [-0.2, -0.15) is 0 Å². The molecule has 458 valence electrons. The van der Waals surface area contributed by atoms with Crippen LogP contribution in [0.3, 0.4) is 0 Å².